The fraction of sp³-hybridized carbons (Fsp3) is 0.346. The zero-order valence-electron chi connectivity index (χ0n) is 16.7. The summed E-state index contributed by atoms with van der Waals surface area (Å²) < 4.78 is 0. The minimum atomic E-state index is -0.756. The highest BCUT2D eigenvalue weighted by atomic mass is 16.4. The molecule has 2 N–H and O–H groups in total. The van der Waals surface area contributed by atoms with Crippen LogP contribution in [0, 0.1) is 11.3 Å². The van der Waals surface area contributed by atoms with Gasteiger partial charge in [0.1, 0.15) is 0 Å². The number of carboxylic acid groups (broad SMARTS) is 1. The smallest absolute Gasteiger partial charge is 0.303 e. The molecule has 4 rings (SSSR count). The second-order valence-electron chi connectivity index (χ2n) is 8.32. The standard InChI is InChI=1S/C26H28O3/c1-18(19-9-4-2-5-10-19)26-16-15-23(27)22(26)17-21(13-8-14-24(28)29)25(26)20-11-6-3-7-12-20/h2-7,9-12,22-23,27H,1,8,13-17H2,(H,28,29)/t22?,23-,26+/m1/s1. The number of aliphatic carboxylic acids is 1. The van der Waals surface area contributed by atoms with Gasteiger partial charge in [-0.25, -0.2) is 0 Å². The van der Waals surface area contributed by atoms with E-state index in [0.29, 0.717) is 6.42 Å². The summed E-state index contributed by atoms with van der Waals surface area (Å²) in [6.07, 6.45) is 3.66. The molecule has 0 spiro atoms. The molecule has 0 heterocycles. The zero-order chi connectivity index (χ0) is 20.4. The van der Waals surface area contributed by atoms with Crippen molar-refractivity contribution in [2.45, 2.75) is 44.6 Å². The van der Waals surface area contributed by atoms with E-state index in [0.717, 1.165) is 36.8 Å². The van der Waals surface area contributed by atoms with Crippen molar-refractivity contribution in [1.29, 1.82) is 0 Å². The van der Waals surface area contributed by atoms with Gasteiger partial charge in [0.25, 0.3) is 0 Å². The van der Waals surface area contributed by atoms with Crippen molar-refractivity contribution < 1.29 is 15.0 Å². The molecule has 3 heteroatoms. The van der Waals surface area contributed by atoms with Crippen LogP contribution in [0.15, 0.2) is 72.8 Å². The number of aliphatic hydroxyl groups is 1. The van der Waals surface area contributed by atoms with Gasteiger partial charge in [0, 0.05) is 17.8 Å². The van der Waals surface area contributed by atoms with Crippen molar-refractivity contribution in [1.82, 2.24) is 0 Å². The first-order chi connectivity index (χ1) is 14.0. The molecule has 2 aliphatic carbocycles. The molecule has 150 valence electrons. The first-order valence-electron chi connectivity index (χ1n) is 10.5. The van der Waals surface area contributed by atoms with E-state index < -0.39 is 5.97 Å². The Labute approximate surface area is 172 Å². The largest absolute Gasteiger partial charge is 0.481 e. The van der Waals surface area contributed by atoms with Gasteiger partial charge in [0.05, 0.1) is 6.10 Å². The number of hydrogen-bond donors (Lipinski definition) is 2. The normalized spacial score (nSPS) is 25.8. The van der Waals surface area contributed by atoms with Crippen LogP contribution in [0.2, 0.25) is 0 Å². The van der Waals surface area contributed by atoms with Crippen LogP contribution in [0.3, 0.4) is 0 Å². The number of rotatable bonds is 7. The molecular formula is C26H28O3. The SMILES string of the molecule is C=C(c1ccccc1)[C@@]12CC[C@@H](O)C1CC(CCCC(=O)O)=C2c1ccccc1. The molecule has 3 atom stereocenters. The number of benzene rings is 2. The topological polar surface area (TPSA) is 57.5 Å². The van der Waals surface area contributed by atoms with E-state index in [-0.39, 0.29) is 23.9 Å². The Balaban J connectivity index is 1.83. The second-order valence-corrected chi connectivity index (χ2v) is 8.32. The Morgan fingerprint density at radius 2 is 1.72 bits per heavy atom. The third-order valence-corrected chi connectivity index (χ3v) is 6.79. The third kappa shape index (κ3) is 3.44. The van der Waals surface area contributed by atoms with Gasteiger partial charge in [0.2, 0.25) is 0 Å². The maximum atomic E-state index is 11.1. The monoisotopic (exact) mass is 388 g/mol. The molecule has 1 unspecified atom stereocenters. The molecule has 0 bridgehead atoms. The Kier molecular flexibility index (Phi) is 5.42. The Morgan fingerprint density at radius 1 is 1.07 bits per heavy atom. The molecular weight excluding hydrogens is 360 g/mol. The van der Waals surface area contributed by atoms with Crippen LogP contribution in [0.25, 0.3) is 11.1 Å². The molecule has 0 amide bonds. The van der Waals surface area contributed by atoms with Gasteiger partial charge in [-0.1, -0.05) is 72.8 Å². The number of allylic oxidation sites excluding steroid dienone is 3. The van der Waals surface area contributed by atoms with E-state index in [1.165, 1.54) is 16.7 Å². The minimum absolute atomic E-state index is 0.102. The summed E-state index contributed by atoms with van der Waals surface area (Å²) >= 11 is 0. The molecule has 1 fully saturated rings. The maximum absolute atomic E-state index is 11.1. The summed E-state index contributed by atoms with van der Waals surface area (Å²) in [5, 5.41) is 20.0. The number of carbonyl (C=O) groups is 1. The summed E-state index contributed by atoms with van der Waals surface area (Å²) in [5.41, 5.74) is 5.64. The van der Waals surface area contributed by atoms with Gasteiger partial charge >= 0.3 is 5.97 Å². The summed E-state index contributed by atoms with van der Waals surface area (Å²) in [6.45, 7) is 4.55. The fourth-order valence-corrected chi connectivity index (χ4v) is 5.56. The van der Waals surface area contributed by atoms with Crippen LogP contribution < -0.4 is 0 Å². The van der Waals surface area contributed by atoms with Crippen molar-refractivity contribution >= 4 is 17.1 Å². The minimum Gasteiger partial charge on any atom is -0.481 e. The number of aliphatic hydroxyl groups excluding tert-OH is 1. The van der Waals surface area contributed by atoms with E-state index in [4.69, 9.17) is 5.11 Å². The number of carboxylic acids is 1. The fourth-order valence-electron chi connectivity index (χ4n) is 5.56. The van der Waals surface area contributed by atoms with E-state index in [2.05, 4.69) is 43.0 Å². The van der Waals surface area contributed by atoms with Crippen LogP contribution in [0.4, 0.5) is 0 Å². The van der Waals surface area contributed by atoms with Crippen LogP contribution in [0.5, 0.6) is 0 Å². The molecule has 2 aliphatic rings. The van der Waals surface area contributed by atoms with E-state index >= 15 is 0 Å². The lowest BCUT2D eigenvalue weighted by Gasteiger charge is -2.37. The average molecular weight is 389 g/mol. The van der Waals surface area contributed by atoms with E-state index in [1.54, 1.807) is 0 Å². The highest BCUT2D eigenvalue weighted by molar-refractivity contribution is 5.90. The van der Waals surface area contributed by atoms with Crippen molar-refractivity contribution in [3.05, 3.63) is 83.9 Å². The van der Waals surface area contributed by atoms with Gasteiger partial charge in [0.15, 0.2) is 0 Å². The number of hydrogen-bond acceptors (Lipinski definition) is 2. The first-order valence-corrected chi connectivity index (χ1v) is 10.5. The highest BCUT2D eigenvalue weighted by Gasteiger charge is 2.56. The summed E-state index contributed by atoms with van der Waals surface area (Å²) in [6, 6.07) is 20.7. The molecule has 2 aromatic rings. The van der Waals surface area contributed by atoms with Crippen LogP contribution in [0.1, 0.15) is 49.7 Å². The van der Waals surface area contributed by atoms with E-state index in [9.17, 15) is 9.90 Å². The van der Waals surface area contributed by atoms with Gasteiger partial charge < -0.3 is 10.2 Å². The molecule has 29 heavy (non-hydrogen) atoms. The molecule has 1 saturated carbocycles. The predicted molar refractivity (Wildman–Crippen MR) is 116 cm³/mol. The third-order valence-electron chi connectivity index (χ3n) is 6.79. The molecule has 0 saturated heterocycles. The van der Waals surface area contributed by atoms with Gasteiger partial charge in [-0.05, 0) is 54.4 Å². The second kappa shape index (κ2) is 8.00. The van der Waals surface area contributed by atoms with Gasteiger partial charge in [-0.15, -0.1) is 0 Å². The maximum Gasteiger partial charge on any atom is 0.303 e. The van der Waals surface area contributed by atoms with Crippen molar-refractivity contribution in [2.24, 2.45) is 11.3 Å². The van der Waals surface area contributed by atoms with Crippen molar-refractivity contribution in [3.8, 4) is 0 Å². The van der Waals surface area contributed by atoms with E-state index in [1.807, 2.05) is 24.3 Å². The molecule has 0 aliphatic heterocycles. The van der Waals surface area contributed by atoms with Crippen LogP contribution in [-0.4, -0.2) is 22.3 Å². The Morgan fingerprint density at radius 3 is 2.38 bits per heavy atom. The van der Waals surface area contributed by atoms with Crippen LogP contribution in [-0.2, 0) is 4.79 Å². The van der Waals surface area contributed by atoms with Crippen molar-refractivity contribution in [3.63, 3.8) is 0 Å². The molecule has 2 aromatic carbocycles. The summed E-state index contributed by atoms with van der Waals surface area (Å²) in [5.74, 6) is -0.654. The van der Waals surface area contributed by atoms with Crippen molar-refractivity contribution in [2.75, 3.05) is 0 Å². The summed E-state index contributed by atoms with van der Waals surface area (Å²) in [7, 11) is 0. The molecule has 3 nitrogen and oxygen atoms in total. The van der Waals surface area contributed by atoms with Gasteiger partial charge in [-0.2, -0.15) is 0 Å². The lowest BCUT2D eigenvalue weighted by Crippen LogP contribution is -2.29. The Hall–Kier alpha value is -2.65. The highest BCUT2D eigenvalue weighted by Crippen LogP contribution is 2.66. The quantitative estimate of drug-likeness (QED) is 0.652. The lowest BCUT2D eigenvalue weighted by atomic mass is 9.66. The van der Waals surface area contributed by atoms with Gasteiger partial charge in [-0.3, -0.25) is 4.79 Å². The summed E-state index contributed by atoms with van der Waals surface area (Å²) in [4.78, 5) is 11.1. The predicted octanol–water partition coefficient (Wildman–Crippen LogP) is 5.57. The first kappa shape index (κ1) is 19.7. The lowest BCUT2D eigenvalue weighted by molar-refractivity contribution is -0.137. The number of fused-ring (bicyclic) bond motifs is 1. The average Bonchev–Trinajstić information content (AvgIpc) is 3.23. The molecule has 0 radical (unpaired) electrons. The molecule has 0 aromatic heterocycles. The Bertz CT molecular complexity index is 929. The zero-order valence-corrected chi connectivity index (χ0v) is 16.7. The van der Waals surface area contributed by atoms with Crippen LogP contribution >= 0.6 is 0 Å².